The van der Waals surface area contributed by atoms with E-state index in [0.717, 1.165) is 4.88 Å². The molecule has 0 spiro atoms. The molecule has 0 aliphatic carbocycles. The molecular weight excluding hydrogens is 188 g/mol. The van der Waals surface area contributed by atoms with Crippen LogP contribution < -0.4 is 0 Å². The van der Waals surface area contributed by atoms with E-state index in [2.05, 4.69) is 0 Å². The molecule has 1 aliphatic rings. The number of ether oxygens (including phenoxy) is 1. The van der Waals surface area contributed by atoms with Crippen molar-refractivity contribution < 1.29 is 14.6 Å². The molecule has 1 aliphatic heterocycles. The van der Waals surface area contributed by atoms with Crippen LogP contribution in [0.5, 0.6) is 0 Å². The largest absolute Gasteiger partial charge is 0.481 e. The van der Waals surface area contributed by atoms with Crippen molar-refractivity contribution >= 4 is 17.3 Å². The highest BCUT2D eigenvalue weighted by Crippen LogP contribution is 2.36. The Morgan fingerprint density at radius 1 is 1.69 bits per heavy atom. The second kappa shape index (κ2) is 3.47. The van der Waals surface area contributed by atoms with Gasteiger partial charge in [-0.3, -0.25) is 4.79 Å². The van der Waals surface area contributed by atoms with Crippen LogP contribution in [0.3, 0.4) is 0 Å². The third-order valence-corrected chi connectivity index (χ3v) is 3.17. The predicted molar refractivity (Wildman–Crippen MR) is 48.8 cm³/mol. The third kappa shape index (κ3) is 1.59. The lowest BCUT2D eigenvalue weighted by Crippen LogP contribution is -2.16. The summed E-state index contributed by atoms with van der Waals surface area (Å²) in [5, 5.41) is 10.8. The SMILES string of the molecule is O=C(O)C1CCOC1c1cccs1. The zero-order valence-corrected chi connectivity index (χ0v) is 7.79. The topological polar surface area (TPSA) is 46.5 Å². The summed E-state index contributed by atoms with van der Waals surface area (Å²) >= 11 is 1.55. The van der Waals surface area contributed by atoms with E-state index >= 15 is 0 Å². The minimum Gasteiger partial charge on any atom is -0.481 e. The number of hydrogen-bond donors (Lipinski definition) is 1. The van der Waals surface area contributed by atoms with Gasteiger partial charge in [-0.05, 0) is 17.9 Å². The van der Waals surface area contributed by atoms with Gasteiger partial charge in [0.25, 0.3) is 0 Å². The Morgan fingerprint density at radius 3 is 3.15 bits per heavy atom. The van der Waals surface area contributed by atoms with Crippen LogP contribution in [0.15, 0.2) is 17.5 Å². The maximum absolute atomic E-state index is 10.8. The lowest BCUT2D eigenvalue weighted by atomic mass is 10.0. The molecule has 2 unspecified atom stereocenters. The van der Waals surface area contributed by atoms with Crippen molar-refractivity contribution in [2.75, 3.05) is 6.61 Å². The summed E-state index contributed by atoms with van der Waals surface area (Å²) in [5.41, 5.74) is 0. The predicted octanol–water partition coefficient (Wildman–Crippen LogP) is 1.91. The van der Waals surface area contributed by atoms with E-state index in [4.69, 9.17) is 9.84 Å². The van der Waals surface area contributed by atoms with Gasteiger partial charge in [-0.2, -0.15) is 0 Å². The molecule has 0 saturated carbocycles. The summed E-state index contributed by atoms with van der Waals surface area (Å²) in [6.07, 6.45) is 0.398. The molecule has 1 aromatic rings. The van der Waals surface area contributed by atoms with Crippen molar-refractivity contribution in [1.29, 1.82) is 0 Å². The first-order chi connectivity index (χ1) is 6.29. The van der Waals surface area contributed by atoms with Crippen LogP contribution in [0.2, 0.25) is 0 Å². The van der Waals surface area contributed by atoms with Crippen LogP contribution in [0.25, 0.3) is 0 Å². The summed E-state index contributed by atoms with van der Waals surface area (Å²) in [6.45, 7) is 0.555. The molecule has 2 rings (SSSR count). The van der Waals surface area contributed by atoms with Gasteiger partial charge < -0.3 is 9.84 Å². The molecule has 1 fully saturated rings. The lowest BCUT2D eigenvalue weighted by molar-refractivity contribution is -0.143. The average Bonchev–Trinajstić information content (AvgIpc) is 2.74. The second-order valence-electron chi connectivity index (χ2n) is 3.04. The Labute approximate surface area is 80.0 Å². The molecule has 1 N–H and O–H groups in total. The summed E-state index contributed by atoms with van der Waals surface area (Å²) in [7, 11) is 0. The normalized spacial score (nSPS) is 27.7. The monoisotopic (exact) mass is 198 g/mol. The van der Waals surface area contributed by atoms with Gasteiger partial charge in [0, 0.05) is 11.5 Å². The zero-order valence-electron chi connectivity index (χ0n) is 6.97. The first kappa shape index (κ1) is 8.72. The van der Waals surface area contributed by atoms with Crippen LogP contribution in [0.1, 0.15) is 17.4 Å². The van der Waals surface area contributed by atoms with Gasteiger partial charge in [-0.25, -0.2) is 0 Å². The molecule has 4 heteroatoms. The van der Waals surface area contributed by atoms with Gasteiger partial charge in [-0.15, -0.1) is 11.3 Å². The molecule has 2 heterocycles. The number of carbonyl (C=O) groups is 1. The van der Waals surface area contributed by atoms with Crippen molar-refractivity contribution in [2.24, 2.45) is 5.92 Å². The molecule has 2 atom stereocenters. The fourth-order valence-corrected chi connectivity index (χ4v) is 2.41. The van der Waals surface area contributed by atoms with Crippen molar-refractivity contribution in [3.05, 3.63) is 22.4 Å². The van der Waals surface area contributed by atoms with E-state index in [9.17, 15) is 4.79 Å². The van der Waals surface area contributed by atoms with Crippen LogP contribution in [0.4, 0.5) is 0 Å². The standard InChI is InChI=1S/C9H10O3S/c10-9(11)6-3-4-12-8(6)7-2-1-5-13-7/h1-2,5-6,8H,3-4H2,(H,10,11). The number of hydrogen-bond acceptors (Lipinski definition) is 3. The first-order valence-electron chi connectivity index (χ1n) is 4.17. The maximum atomic E-state index is 10.8. The quantitative estimate of drug-likeness (QED) is 0.789. The lowest BCUT2D eigenvalue weighted by Gasteiger charge is -2.12. The van der Waals surface area contributed by atoms with E-state index in [-0.39, 0.29) is 12.0 Å². The molecule has 1 aromatic heterocycles. The molecule has 70 valence electrons. The zero-order chi connectivity index (χ0) is 9.26. The molecule has 1 saturated heterocycles. The maximum Gasteiger partial charge on any atom is 0.309 e. The molecule has 0 radical (unpaired) electrons. The van der Waals surface area contributed by atoms with Gasteiger partial charge in [0.1, 0.15) is 6.10 Å². The van der Waals surface area contributed by atoms with Gasteiger partial charge >= 0.3 is 5.97 Å². The van der Waals surface area contributed by atoms with E-state index < -0.39 is 5.97 Å². The van der Waals surface area contributed by atoms with Crippen molar-refractivity contribution in [2.45, 2.75) is 12.5 Å². The third-order valence-electron chi connectivity index (χ3n) is 2.23. The van der Waals surface area contributed by atoms with Crippen molar-refractivity contribution in [1.82, 2.24) is 0 Å². The van der Waals surface area contributed by atoms with Crippen molar-refractivity contribution in [3.8, 4) is 0 Å². The Morgan fingerprint density at radius 2 is 2.54 bits per heavy atom. The Bertz CT molecular complexity index is 294. The van der Waals surface area contributed by atoms with E-state index in [1.807, 2.05) is 17.5 Å². The van der Waals surface area contributed by atoms with Gasteiger partial charge in [0.05, 0.1) is 5.92 Å². The number of thiophene rings is 1. The van der Waals surface area contributed by atoms with Crippen LogP contribution in [0, 0.1) is 5.92 Å². The first-order valence-corrected chi connectivity index (χ1v) is 5.05. The number of aliphatic carboxylic acids is 1. The molecular formula is C9H10O3S. The van der Waals surface area contributed by atoms with Gasteiger partial charge in [-0.1, -0.05) is 6.07 Å². The number of rotatable bonds is 2. The fourth-order valence-electron chi connectivity index (χ4n) is 1.58. The second-order valence-corrected chi connectivity index (χ2v) is 4.02. The minimum atomic E-state index is -0.754. The highest BCUT2D eigenvalue weighted by atomic mass is 32.1. The Balaban J connectivity index is 2.19. The van der Waals surface area contributed by atoms with E-state index in [1.54, 1.807) is 11.3 Å². The Kier molecular flexibility index (Phi) is 2.33. The summed E-state index contributed by atoms with van der Waals surface area (Å²) in [6, 6.07) is 3.84. The Hall–Kier alpha value is -0.870. The smallest absolute Gasteiger partial charge is 0.309 e. The minimum absolute atomic E-state index is 0.225. The number of carboxylic acids is 1. The number of carboxylic acid groups (broad SMARTS) is 1. The molecule has 13 heavy (non-hydrogen) atoms. The fraction of sp³-hybridized carbons (Fsp3) is 0.444. The summed E-state index contributed by atoms with van der Waals surface area (Å²) in [5.74, 6) is -1.12. The van der Waals surface area contributed by atoms with Crippen LogP contribution >= 0.6 is 11.3 Å². The molecule has 3 nitrogen and oxygen atoms in total. The molecule has 0 bridgehead atoms. The van der Waals surface area contributed by atoms with Gasteiger partial charge in [0.15, 0.2) is 0 Å². The highest BCUT2D eigenvalue weighted by molar-refractivity contribution is 7.10. The molecule has 0 amide bonds. The average molecular weight is 198 g/mol. The van der Waals surface area contributed by atoms with Crippen molar-refractivity contribution in [3.63, 3.8) is 0 Å². The van der Waals surface area contributed by atoms with Crippen LogP contribution in [-0.2, 0) is 9.53 Å². The van der Waals surface area contributed by atoms with E-state index in [0.29, 0.717) is 13.0 Å². The molecule has 0 aromatic carbocycles. The van der Waals surface area contributed by atoms with Gasteiger partial charge in [0.2, 0.25) is 0 Å². The summed E-state index contributed by atoms with van der Waals surface area (Å²) in [4.78, 5) is 11.9. The highest BCUT2D eigenvalue weighted by Gasteiger charge is 2.35. The van der Waals surface area contributed by atoms with Crippen LogP contribution in [-0.4, -0.2) is 17.7 Å². The summed E-state index contributed by atoms with van der Waals surface area (Å²) < 4.78 is 5.40. The van der Waals surface area contributed by atoms with E-state index in [1.165, 1.54) is 0 Å².